The molecule has 0 bridgehead atoms. The van der Waals surface area contributed by atoms with E-state index in [-0.39, 0.29) is 13.4 Å². The molecule has 1 radical (unpaired) electrons. The molecule has 1 aromatic rings. The van der Waals surface area contributed by atoms with Crippen molar-refractivity contribution in [2.24, 2.45) is 0 Å². The van der Waals surface area contributed by atoms with Crippen molar-refractivity contribution >= 4 is 7.69 Å². The van der Waals surface area contributed by atoms with Crippen LogP contribution in [0.5, 0.6) is 5.75 Å². The average molecular weight is 207 g/mol. The summed E-state index contributed by atoms with van der Waals surface area (Å²) in [6, 6.07) is 2.04. The molecule has 1 aromatic carbocycles. The second-order valence-electron chi connectivity index (χ2n) is 2.36. The minimum Gasteiger partial charge on any atom is -0.537 e. The first-order valence-electron chi connectivity index (χ1n) is 3.44. The van der Waals surface area contributed by atoms with E-state index in [2.05, 4.69) is 4.65 Å². The molecule has 0 saturated heterocycles. The van der Waals surface area contributed by atoms with Crippen LogP contribution >= 0.6 is 0 Å². The number of halogens is 4. The van der Waals surface area contributed by atoms with Crippen LogP contribution in [0.3, 0.4) is 0 Å². The molecule has 14 heavy (non-hydrogen) atoms. The van der Waals surface area contributed by atoms with E-state index in [9.17, 15) is 17.6 Å². The number of rotatable bonds is 2. The van der Waals surface area contributed by atoms with Crippen LogP contribution in [0.1, 0.15) is 5.56 Å². The maximum atomic E-state index is 12.7. The van der Waals surface area contributed by atoms with Gasteiger partial charge >= 0.3 is 13.9 Å². The van der Waals surface area contributed by atoms with Gasteiger partial charge in [-0.3, -0.25) is 0 Å². The zero-order valence-electron chi connectivity index (χ0n) is 6.68. The summed E-state index contributed by atoms with van der Waals surface area (Å²) in [5.74, 6) is -1.68. The third-order valence-electron chi connectivity index (χ3n) is 1.43. The lowest BCUT2D eigenvalue weighted by atomic mass is 10.2. The summed E-state index contributed by atoms with van der Waals surface area (Å²) in [6.07, 6.45) is -4.78. The second-order valence-corrected chi connectivity index (χ2v) is 2.36. The first-order chi connectivity index (χ1) is 6.45. The summed E-state index contributed by atoms with van der Waals surface area (Å²) in [5, 5.41) is 8.16. The Kier molecular flexibility index (Phi) is 3.00. The van der Waals surface area contributed by atoms with E-state index in [1.165, 1.54) is 0 Å². The Hall–Kier alpha value is -1.24. The van der Waals surface area contributed by atoms with Crippen LogP contribution in [0.4, 0.5) is 17.6 Å². The van der Waals surface area contributed by atoms with E-state index in [1.807, 2.05) is 0 Å². The summed E-state index contributed by atoms with van der Waals surface area (Å²) in [6.45, 7) is 0. The molecule has 0 heterocycles. The minimum atomic E-state index is -4.78. The molecular formula is C7H4BF4O2. The van der Waals surface area contributed by atoms with Gasteiger partial charge in [0.25, 0.3) is 0 Å². The molecule has 1 rings (SSSR count). The second kappa shape index (κ2) is 3.87. The molecule has 0 saturated carbocycles. The van der Waals surface area contributed by atoms with Crippen molar-refractivity contribution in [3.8, 4) is 5.75 Å². The van der Waals surface area contributed by atoms with E-state index >= 15 is 0 Å². The lowest BCUT2D eigenvalue weighted by Crippen LogP contribution is -2.09. The Morgan fingerprint density at radius 1 is 1.29 bits per heavy atom. The summed E-state index contributed by atoms with van der Waals surface area (Å²) in [4.78, 5) is 0. The topological polar surface area (TPSA) is 29.5 Å². The Bertz CT molecular complexity index is 326. The maximum Gasteiger partial charge on any atom is 0.569 e. The molecule has 0 aliphatic rings. The van der Waals surface area contributed by atoms with Gasteiger partial charge in [0.2, 0.25) is 0 Å². The first kappa shape index (κ1) is 10.8. The van der Waals surface area contributed by atoms with Crippen molar-refractivity contribution < 1.29 is 27.2 Å². The van der Waals surface area contributed by atoms with Gasteiger partial charge in [0.15, 0.2) is 0 Å². The Balaban J connectivity index is 3.09. The standard InChI is InChI=1S/C7H4BF4O2/c9-6-2-1-4(14-8-13)3-5(6)7(10,11)12/h1-3,13H. The summed E-state index contributed by atoms with van der Waals surface area (Å²) in [7, 11) is 0.216. The molecule has 2 nitrogen and oxygen atoms in total. The SMILES string of the molecule is O[B]Oc1ccc(F)c(C(F)(F)F)c1. The zero-order valence-corrected chi connectivity index (χ0v) is 6.68. The van der Waals surface area contributed by atoms with Crippen LogP contribution in [-0.2, 0) is 6.18 Å². The highest BCUT2D eigenvalue weighted by Crippen LogP contribution is 2.33. The van der Waals surface area contributed by atoms with Crippen molar-refractivity contribution in [2.75, 3.05) is 0 Å². The molecular weight excluding hydrogens is 203 g/mol. The van der Waals surface area contributed by atoms with Crippen LogP contribution in [0.25, 0.3) is 0 Å². The fraction of sp³-hybridized carbons (Fsp3) is 0.143. The monoisotopic (exact) mass is 207 g/mol. The van der Waals surface area contributed by atoms with Gasteiger partial charge in [-0.1, -0.05) is 0 Å². The molecule has 0 aliphatic carbocycles. The summed E-state index contributed by atoms with van der Waals surface area (Å²) < 4.78 is 53.2. The predicted octanol–water partition coefficient (Wildman–Crippen LogP) is 1.75. The molecule has 0 fully saturated rings. The van der Waals surface area contributed by atoms with Crippen molar-refractivity contribution in [1.29, 1.82) is 0 Å². The van der Waals surface area contributed by atoms with Gasteiger partial charge in [-0.15, -0.1) is 0 Å². The molecule has 1 N–H and O–H groups in total. The maximum absolute atomic E-state index is 12.7. The van der Waals surface area contributed by atoms with E-state index in [4.69, 9.17) is 5.02 Å². The predicted molar refractivity (Wildman–Crippen MR) is 40.0 cm³/mol. The fourth-order valence-electron chi connectivity index (χ4n) is 0.856. The zero-order chi connectivity index (χ0) is 10.8. The molecule has 0 aliphatic heterocycles. The average Bonchev–Trinajstić information content (AvgIpc) is 2.07. The van der Waals surface area contributed by atoms with Gasteiger partial charge in [0.1, 0.15) is 11.6 Å². The first-order valence-corrected chi connectivity index (χ1v) is 3.44. The number of hydrogen-bond acceptors (Lipinski definition) is 2. The van der Waals surface area contributed by atoms with Crippen LogP contribution in [0, 0.1) is 5.82 Å². The highest BCUT2D eigenvalue weighted by atomic mass is 19.4. The Morgan fingerprint density at radius 3 is 2.43 bits per heavy atom. The largest absolute Gasteiger partial charge is 0.569 e. The molecule has 0 atom stereocenters. The summed E-state index contributed by atoms with van der Waals surface area (Å²) >= 11 is 0. The van der Waals surface area contributed by atoms with E-state index < -0.39 is 17.6 Å². The highest BCUT2D eigenvalue weighted by molar-refractivity contribution is 6.17. The quantitative estimate of drug-likeness (QED) is 0.591. The third-order valence-corrected chi connectivity index (χ3v) is 1.43. The fourth-order valence-corrected chi connectivity index (χ4v) is 0.856. The number of benzene rings is 1. The summed E-state index contributed by atoms with van der Waals surface area (Å²) in [5.41, 5.74) is -1.43. The normalized spacial score (nSPS) is 11.2. The van der Waals surface area contributed by atoms with Gasteiger partial charge in [-0.25, -0.2) is 4.39 Å². The molecule has 75 valence electrons. The van der Waals surface area contributed by atoms with Crippen LogP contribution in [0.15, 0.2) is 18.2 Å². The smallest absolute Gasteiger partial charge is 0.537 e. The minimum absolute atomic E-state index is 0.216. The van der Waals surface area contributed by atoms with Crippen LogP contribution in [-0.4, -0.2) is 12.7 Å². The molecule has 7 heteroatoms. The van der Waals surface area contributed by atoms with Crippen molar-refractivity contribution in [2.45, 2.75) is 6.18 Å². The van der Waals surface area contributed by atoms with Gasteiger partial charge < -0.3 is 9.68 Å². The number of alkyl halides is 3. The molecule has 0 unspecified atom stereocenters. The highest BCUT2D eigenvalue weighted by Gasteiger charge is 2.34. The van der Waals surface area contributed by atoms with E-state index in [0.29, 0.717) is 12.1 Å². The van der Waals surface area contributed by atoms with E-state index in [1.54, 1.807) is 0 Å². The Labute approximate surface area is 77.4 Å². The third kappa shape index (κ3) is 2.38. The van der Waals surface area contributed by atoms with Crippen LogP contribution in [0.2, 0.25) is 0 Å². The van der Waals surface area contributed by atoms with Gasteiger partial charge in [-0.2, -0.15) is 13.2 Å². The molecule has 0 amide bonds. The van der Waals surface area contributed by atoms with Crippen molar-refractivity contribution in [1.82, 2.24) is 0 Å². The van der Waals surface area contributed by atoms with Gasteiger partial charge in [0, 0.05) is 0 Å². The number of hydrogen-bond donors (Lipinski definition) is 1. The lowest BCUT2D eigenvalue weighted by molar-refractivity contribution is -0.140. The van der Waals surface area contributed by atoms with E-state index in [0.717, 1.165) is 6.07 Å². The van der Waals surface area contributed by atoms with Crippen molar-refractivity contribution in [3.05, 3.63) is 29.6 Å². The van der Waals surface area contributed by atoms with Gasteiger partial charge in [0.05, 0.1) is 5.56 Å². The molecule has 0 aromatic heterocycles. The molecule has 0 spiro atoms. The van der Waals surface area contributed by atoms with Gasteiger partial charge in [-0.05, 0) is 18.2 Å². The van der Waals surface area contributed by atoms with Crippen molar-refractivity contribution in [3.63, 3.8) is 0 Å². The van der Waals surface area contributed by atoms with Crippen LogP contribution < -0.4 is 4.65 Å². The Morgan fingerprint density at radius 2 is 1.93 bits per heavy atom. The lowest BCUT2D eigenvalue weighted by Gasteiger charge is -2.09.